The average molecular weight is 315 g/mol. The maximum atomic E-state index is 12.4. The standard InChI is InChI=1S/C18H25N3O2/c1-5-9-15-20-17(21-23-15)16(13-10-7-6-8-11-13)19-14(22)12-18(2,3)4/h6-8,10-11,16H,5,9,12H2,1-4H3,(H,19,22)/t16-/m1/s1. The van der Waals surface area contributed by atoms with Crippen LogP contribution in [0, 0.1) is 5.41 Å². The van der Waals surface area contributed by atoms with Gasteiger partial charge in [0.15, 0.2) is 5.82 Å². The Morgan fingerprint density at radius 3 is 2.57 bits per heavy atom. The fourth-order valence-electron chi connectivity index (χ4n) is 2.34. The fourth-order valence-corrected chi connectivity index (χ4v) is 2.34. The second-order valence-corrected chi connectivity index (χ2v) is 6.94. The van der Waals surface area contributed by atoms with Crippen LogP contribution in [0.15, 0.2) is 34.9 Å². The molecular weight excluding hydrogens is 290 g/mol. The first kappa shape index (κ1) is 17.2. The van der Waals surface area contributed by atoms with Gasteiger partial charge < -0.3 is 9.84 Å². The van der Waals surface area contributed by atoms with E-state index in [-0.39, 0.29) is 17.4 Å². The van der Waals surface area contributed by atoms with Crippen molar-refractivity contribution in [3.8, 4) is 0 Å². The second-order valence-electron chi connectivity index (χ2n) is 6.94. The van der Waals surface area contributed by atoms with Crippen LogP contribution in [0.1, 0.15) is 63.9 Å². The van der Waals surface area contributed by atoms with Crippen molar-refractivity contribution in [1.29, 1.82) is 0 Å². The average Bonchev–Trinajstić information content (AvgIpc) is 2.93. The van der Waals surface area contributed by atoms with Gasteiger partial charge in [0.25, 0.3) is 0 Å². The highest BCUT2D eigenvalue weighted by atomic mass is 16.5. The summed E-state index contributed by atoms with van der Waals surface area (Å²) in [6, 6.07) is 9.34. The third-order valence-electron chi connectivity index (χ3n) is 3.33. The van der Waals surface area contributed by atoms with Crippen LogP contribution in [0.3, 0.4) is 0 Å². The van der Waals surface area contributed by atoms with E-state index in [4.69, 9.17) is 4.52 Å². The number of carbonyl (C=O) groups excluding carboxylic acids is 1. The molecule has 5 nitrogen and oxygen atoms in total. The first-order chi connectivity index (χ1) is 10.9. The first-order valence-corrected chi connectivity index (χ1v) is 8.06. The van der Waals surface area contributed by atoms with Gasteiger partial charge in [-0.15, -0.1) is 0 Å². The van der Waals surface area contributed by atoms with Crippen LogP contribution in [0.25, 0.3) is 0 Å². The molecule has 1 atom stereocenters. The maximum absolute atomic E-state index is 12.4. The van der Waals surface area contributed by atoms with E-state index in [1.807, 2.05) is 51.1 Å². The Bertz CT molecular complexity index is 629. The summed E-state index contributed by atoms with van der Waals surface area (Å²) in [5.41, 5.74) is 0.870. The van der Waals surface area contributed by atoms with Gasteiger partial charge in [-0.05, 0) is 17.4 Å². The summed E-state index contributed by atoms with van der Waals surface area (Å²) in [6.07, 6.45) is 2.12. The lowest BCUT2D eigenvalue weighted by atomic mass is 9.91. The van der Waals surface area contributed by atoms with Gasteiger partial charge in [0.05, 0.1) is 0 Å². The molecule has 0 fully saturated rings. The van der Waals surface area contributed by atoms with Crippen molar-refractivity contribution in [2.45, 2.75) is 53.0 Å². The van der Waals surface area contributed by atoms with E-state index in [9.17, 15) is 4.79 Å². The second kappa shape index (κ2) is 7.40. The molecule has 1 N–H and O–H groups in total. The highest BCUT2D eigenvalue weighted by Crippen LogP contribution is 2.23. The van der Waals surface area contributed by atoms with Crippen LogP contribution in [-0.4, -0.2) is 16.0 Å². The molecule has 1 heterocycles. The number of hydrogen-bond acceptors (Lipinski definition) is 4. The Labute approximate surface area is 137 Å². The SMILES string of the molecule is CCCc1nc([C@H](NC(=O)CC(C)(C)C)c2ccccc2)no1. The number of benzene rings is 1. The number of aryl methyl sites for hydroxylation is 1. The summed E-state index contributed by atoms with van der Waals surface area (Å²) in [7, 11) is 0. The predicted molar refractivity (Wildman–Crippen MR) is 88.8 cm³/mol. The van der Waals surface area contributed by atoms with Crippen LogP contribution in [0.4, 0.5) is 0 Å². The minimum Gasteiger partial charge on any atom is -0.342 e. The highest BCUT2D eigenvalue weighted by Gasteiger charge is 2.24. The number of rotatable bonds is 6. The summed E-state index contributed by atoms with van der Waals surface area (Å²) in [6.45, 7) is 8.18. The molecule has 5 heteroatoms. The molecule has 0 aliphatic rings. The Morgan fingerprint density at radius 2 is 1.96 bits per heavy atom. The van der Waals surface area contributed by atoms with E-state index >= 15 is 0 Å². The van der Waals surface area contributed by atoms with Crippen molar-refractivity contribution in [3.63, 3.8) is 0 Å². The first-order valence-electron chi connectivity index (χ1n) is 8.06. The largest absolute Gasteiger partial charge is 0.342 e. The minimum atomic E-state index is -0.389. The number of nitrogens with one attached hydrogen (secondary N) is 1. The Hall–Kier alpha value is -2.17. The third-order valence-corrected chi connectivity index (χ3v) is 3.33. The normalized spacial score (nSPS) is 12.9. The zero-order valence-corrected chi connectivity index (χ0v) is 14.3. The quantitative estimate of drug-likeness (QED) is 0.883. The lowest BCUT2D eigenvalue weighted by Crippen LogP contribution is -2.32. The molecule has 0 saturated carbocycles. The summed E-state index contributed by atoms with van der Waals surface area (Å²) >= 11 is 0. The van der Waals surface area contributed by atoms with E-state index in [1.54, 1.807) is 0 Å². The van der Waals surface area contributed by atoms with Crippen LogP contribution < -0.4 is 5.32 Å². The molecule has 0 bridgehead atoms. The number of carbonyl (C=O) groups is 1. The van der Waals surface area contributed by atoms with Crippen molar-refractivity contribution in [1.82, 2.24) is 15.5 Å². The van der Waals surface area contributed by atoms with Gasteiger partial charge in [-0.2, -0.15) is 4.98 Å². The van der Waals surface area contributed by atoms with Crippen LogP contribution in [-0.2, 0) is 11.2 Å². The monoisotopic (exact) mass is 315 g/mol. The molecule has 0 saturated heterocycles. The topological polar surface area (TPSA) is 68.0 Å². The summed E-state index contributed by atoms with van der Waals surface area (Å²) < 4.78 is 5.28. The molecule has 2 aromatic rings. The zero-order chi connectivity index (χ0) is 16.9. The molecule has 1 amide bonds. The van der Waals surface area contributed by atoms with Crippen molar-refractivity contribution >= 4 is 5.91 Å². The molecule has 0 radical (unpaired) electrons. The molecule has 0 unspecified atom stereocenters. The molecule has 0 spiro atoms. The molecule has 23 heavy (non-hydrogen) atoms. The van der Waals surface area contributed by atoms with Crippen LogP contribution in [0.2, 0.25) is 0 Å². The van der Waals surface area contributed by atoms with Gasteiger partial charge in [-0.1, -0.05) is 63.2 Å². The molecule has 0 aliphatic carbocycles. The molecule has 1 aromatic carbocycles. The van der Waals surface area contributed by atoms with Gasteiger partial charge in [-0.3, -0.25) is 4.79 Å². The van der Waals surface area contributed by atoms with Gasteiger partial charge >= 0.3 is 0 Å². The lowest BCUT2D eigenvalue weighted by molar-refractivity contribution is -0.123. The van der Waals surface area contributed by atoms with Crippen LogP contribution in [0.5, 0.6) is 0 Å². The van der Waals surface area contributed by atoms with Gasteiger partial charge in [0.2, 0.25) is 11.8 Å². The Kier molecular flexibility index (Phi) is 5.53. The molecule has 0 aliphatic heterocycles. The number of amides is 1. The van der Waals surface area contributed by atoms with E-state index in [0.29, 0.717) is 18.1 Å². The predicted octanol–water partition coefficient (Wildman–Crippen LogP) is 3.66. The smallest absolute Gasteiger partial charge is 0.226 e. The lowest BCUT2D eigenvalue weighted by Gasteiger charge is -2.21. The minimum absolute atomic E-state index is 0.0202. The molecule has 124 valence electrons. The highest BCUT2D eigenvalue weighted by molar-refractivity contribution is 5.77. The Balaban J connectivity index is 2.23. The zero-order valence-electron chi connectivity index (χ0n) is 14.3. The van der Waals surface area contributed by atoms with Crippen molar-refractivity contribution < 1.29 is 9.32 Å². The summed E-state index contributed by atoms with van der Waals surface area (Å²) in [4.78, 5) is 16.8. The van der Waals surface area contributed by atoms with Gasteiger partial charge in [0, 0.05) is 12.8 Å². The van der Waals surface area contributed by atoms with Crippen molar-refractivity contribution in [2.75, 3.05) is 0 Å². The van der Waals surface area contributed by atoms with Crippen molar-refractivity contribution in [2.24, 2.45) is 5.41 Å². The molecule has 1 aromatic heterocycles. The van der Waals surface area contributed by atoms with Crippen molar-refractivity contribution in [3.05, 3.63) is 47.6 Å². The van der Waals surface area contributed by atoms with E-state index in [2.05, 4.69) is 22.4 Å². The third kappa shape index (κ3) is 5.20. The fraction of sp³-hybridized carbons (Fsp3) is 0.500. The van der Waals surface area contributed by atoms with E-state index in [0.717, 1.165) is 18.4 Å². The van der Waals surface area contributed by atoms with E-state index < -0.39 is 0 Å². The summed E-state index contributed by atoms with van der Waals surface area (Å²) in [5, 5.41) is 7.10. The van der Waals surface area contributed by atoms with Gasteiger partial charge in [-0.25, -0.2) is 0 Å². The number of hydrogen-bond donors (Lipinski definition) is 1. The van der Waals surface area contributed by atoms with E-state index in [1.165, 1.54) is 0 Å². The number of aromatic nitrogens is 2. The van der Waals surface area contributed by atoms with Gasteiger partial charge in [0.1, 0.15) is 6.04 Å². The van der Waals surface area contributed by atoms with Crippen LogP contribution >= 0.6 is 0 Å². The molecular formula is C18H25N3O2. The Morgan fingerprint density at radius 1 is 1.26 bits per heavy atom. The number of nitrogens with zero attached hydrogens (tertiary/aromatic N) is 2. The summed E-state index contributed by atoms with van der Waals surface area (Å²) in [5.74, 6) is 1.09. The maximum Gasteiger partial charge on any atom is 0.226 e. The molecule has 2 rings (SSSR count).